The SMILES string of the molecule is CC[C@]1(C)CC(OC(=O)NC(=O)C2CCN(C(=O)CCCn3cnc4c(N5CCC(N)C5)ncnc43)CC2)C2(C)C(C)CCC3(CCC(=O)C32)C(C)[C@@H]1O. The van der Waals surface area contributed by atoms with Crippen LogP contribution in [0.15, 0.2) is 12.7 Å². The van der Waals surface area contributed by atoms with Gasteiger partial charge in [0.2, 0.25) is 11.8 Å². The molecule has 3 amide bonds. The highest BCUT2D eigenvalue weighted by Gasteiger charge is 2.68. The predicted octanol–water partition coefficient (Wildman–Crippen LogP) is 4.22. The molecule has 0 aromatic carbocycles. The van der Waals surface area contributed by atoms with Crippen molar-refractivity contribution in [3.05, 3.63) is 12.7 Å². The van der Waals surface area contributed by atoms with Crippen LogP contribution >= 0.6 is 0 Å². The Hall–Kier alpha value is -3.65. The molecule has 2 aromatic rings. The lowest BCUT2D eigenvalue weighted by atomic mass is 9.43. The van der Waals surface area contributed by atoms with Crippen LogP contribution in [-0.4, -0.2) is 97.6 Å². The minimum Gasteiger partial charge on any atom is -0.445 e. The standard InChI is InChI=1S/C40H60N8O6/c1-6-38(4)20-29(39(5)24(2)9-14-40(25(3)33(38)51)15-10-28(49)32(39)40)54-37(53)45-36(52)26-11-17-46(18-12-26)30(50)8-7-16-48-23-44-31-34(42-22-43-35(31)48)47-19-13-27(41)21-47/h22-27,29,32-33,51H,6-21,41H2,1-5H3,(H,45,52,53)/t24?,25?,27?,29?,32?,33-,38+,39?,40?/m0/s1. The summed E-state index contributed by atoms with van der Waals surface area (Å²) in [6.07, 6.45) is 8.12. The summed E-state index contributed by atoms with van der Waals surface area (Å²) in [5, 5.41) is 14.4. The van der Waals surface area contributed by atoms with Crippen molar-refractivity contribution >= 4 is 40.7 Å². The highest BCUT2D eigenvalue weighted by Crippen LogP contribution is 2.68. The van der Waals surface area contributed by atoms with E-state index in [2.05, 4.69) is 59.8 Å². The molecule has 4 heterocycles. The molecule has 2 bridgehead atoms. The van der Waals surface area contributed by atoms with Crippen LogP contribution < -0.4 is 16.0 Å². The number of ether oxygens (including phenoxy) is 1. The average Bonchev–Trinajstić information content (AvgIpc) is 3.89. The van der Waals surface area contributed by atoms with Crippen molar-refractivity contribution < 1.29 is 29.0 Å². The van der Waals surface area contributed by atoms with Crippen LogP contribution in [0.4, 0.5) is 10.6 Å². The van der Waals surface area contributed by atoms with Crippen LogP contribution in [0, 0.1) is 39.9 Å². The monoisotopic (exact) mass is 748 g/mol. The molecule has 4 N–H and O–H groups in total. The first-order chi connectivity index (χ1) is 25.7. The number of anilines is 1. The number of aliphatic hydroxyl groups excluding tert-OH is 1. The topological polar surface area (TPSA) is 186 Å². The highest BCUT2D eigenvalue weighted by molar-refractivity contribution is 5.93. The third kappa shape index (κ3) is 6.58. The Bertz CT molecular complexity index is 1760. The summed E-state index contributed by atoms with van der Waals surface area (Å²) in [7, 11) is 0. The average molecular weight is 749 g/mol. The minimum atomic E-state index is -0.798. The van der Waals surface area contributed by atoms with Crippen molar-refractivity contribution in [3.63, 3.8) is 0 Å². The van der Waals surface area contributed by atoms with Crippen LogP contribution in [0.25, 0.3) is 11.2 Å². The number of alkyl carbamates (subject to hydrolysis) is 1. The van der Waals surface area contributed by atoms with Crippen molar-refractivity contribution in [3.8, 4) is 0 Å². The lowest BCUT2D eigenvalue weighted by Gasteiger charge is -2.62. The van der Waals surface area contributed by atoms with E-state index in [9.17, 15) is 24.3 Å². The summed E-state index contributed by atoms with van der Waals surface area (Å²) in [5.41, 5.74) is 6.11. The van der Waals surface area contributed by atoms with E-state index in [4.69, 9.17) is 10.5 Å². The fourth-order valence-electron chi connectivity index (χ4n) is 11.3. The number of ketones is 1. The summed E-state index contributed by atoms with van der Waals surface area (Å²) in [6, 6.07) is 0.124. The first-order valence-electron chi connectivity index (χ1n) is 20.4. The van der Waals surface area contributed by atoms with Gasteiger partial charge in [-0.1, -0.05) is 34.6 Å². The van der Waals surface area contributed by atoms with Crippen LogP contribution in [0.5, 0.6) is 0 Å². The number of likely N-dealkylation sites (tertiary alicyclic amines) is 1. The molecule has 7 rings (SSSR count). The zero-order chi connectivity index (χ0) is 38.6. The lowest BCUT2D eigenvalue weighted by molar-refractivity contribution is -0.198. The van der Waals surface area contributed by atoms with Gasteiger partial charge >= 0.3 is 6.09 Å². The second kappa shape index (κ2) is 14.8. The summed E-state index contributed by atoms with van der Waals surface area (Å²) in [4.78, 5) is 71.3. The second-order valence-electron chi connectivity index (χ2n) is 17.8. The molecule has 7 unspecified atom stereocenters. The number of nitrogens with one attached hydrogen (secondary N) is 1. The smallest absolute Gasteiger partial charge is 0.414 e. The van der Waals surface area contributed by atoms with E-state index in [-0.39, 0.29) is 40.9 Å². The minimum absolute atomic E-state index is 0.0335. The van der Waals surface area contributed by atoms with Gasteiger partial charge in [0.15, 0.2) is 17.0 Å². The summed E-state index contributed by atoms with van der Waals surface area (Å²) >= 11 is 0. The zero-order valence-corrected chi connectivity index (χ0v) is 32.8. The number of piperidine rings is 1. The lowest BCUT2D eigenvalue weighted by Crippen LogP contribution is -2.63. The number of hydrogen-bond acceptors (Lipinski definition) is 11. The number of hydrogen-bond donors (Lipinski definition) is 3. The number of imidazole rings is 1. The third-order valence-electron chi connectivity index (χ3n) is 15.1. The number of nitrogens with zero attached hydrogens (tertiary/aromatic N) is 6. The normalized spacial score (nSPS) is 35.8. The molecule has 296 valence electrons. The van der Waals surface area contributed by atoms with Gasteiger partial charge in [0.25, 0.3) is 0 Å². The highest BCUT2D eigenvalue weighted by atomic mass is 16.6. The van der Waals surface area contributed by atoms with E-state index in [1.54, 1.807) is 17.6 Å². The first-order valence-corrected chi connectivity index (χ1v) is 20.4. The van der Waals surface area contributed by atoms with Crippen LogP contribution in [0.3, 0.4) is 0 Å². The molecule has 14 nitrogen and oxygen atoms in total. The van der Waals surface area contributed by atoms with Gasteiger partial charge in [-0.2, -0.15) is 0 Å². The largest absolute Gasteiger partial charge is 0.445 e. The molecule has 3 aliphatic carbocycles. The Morgan fingerprint density at radius 3 is 2.52 bits per heavy atom. The van der Waals surface area contributed by atoms with Crippen molar-refractivity contribution in [1.82, 2.24) is 29.7 Å². The Morgan fingerprint density at radius 1 is 1.06 bits per heavy atom. The van der Waals surface area contributed by atoms with E-state index in [0.717, 1.165) is 55.8 Å². The fourth-order valence-corrected chi connectivity index (χ4v) is 11.3. The number of imide groups is 1. The van der Waals surface area contributed by atoms with Crippen molar-refractivity contribution in [2.24, 2.45) is 45.7 Å². The molecular formula is C40H60N8O6. The second-order valence-corrected chi connectivity index (χ2v) is 17.8. The number of aliphatic hydroxyl groups is 1. The van der Waals surface area contributed by atoms with Gasteiger partial charge in [-0.3, -0.25) is 19.7 Å². The Kier molecular flexibility index (Phi) is 10.6. The summed E-state index contributed by atoms with van der Waals surface area (Å²) < 4.78 is 8.22. The maximum atomic E-state index is 13.7. The predicted molar refractivity (Wildman–Crippen MR) is 202 cm³/mol. The maximum Gasteiger partial charge on any atom is 0.414 e. The number of aryl methyl sites for hydroxylation is 1. The molecule has 2 saturated heterocycles. The molecule has 5 fully saturated rings. The van der Waals surface area contributed by atoms with Crippen molar-refractivity contribution in [1.29, 1.82) is 0 Å². The Labute approximate surface area is 318 Å². The number of fused-ring (bicyclic) bond motifs is 1. The Morgan fingerprint density at radius 2 is 1.81 bits per heavy atom. The fraction of sp³-hybridized carbons (Fsp3) is 0.775. The van der Waals surface area contributed by atoms with Gasteiger partial charge in [-0.25, -0.2) is 19.7 Å². The Balaban J connectivity index is 0.930. The van der Waals surface area contributed by atoms with E-state index in [0.29, 0.717) is 64.6 Å². The molecule has 14 heteroatoms. The van der Waals surface area contributed by atoms with Crippen molar-refractivity contribution in [2.75, 3.05) is 31.1 Å². The van der Waals surface area contributed by atoms with Crippen LogP contribution in [0.2, 0.25) is 0 Å². The molecular weight excluding hydrogens is 688 g/mol. The van der Waals surface area contributed by atoms with Gasteiger partial charge in [0.05, 0.1) is 12.4 Å². The molecule has 9 atom stereocenters. The number of aromatic nitrogens is 4. The number of carbonyl (C=O) groups is 4. The van der Waals surface area contributed by atoms with E-state index in [1.165, 1.54) is 0 Å². The molecule has 5 aliphatic rings. The molecule has 54 heavy (non-hydrogen) atoms. The molecule has 0 radical (unpaired) electrons. The van der Waals surface area contributed by atoms with E-state index < -0.39 is 41.0 Å². The van der Waals surface area contributed by atoms with Gasteiger partial charge in [-0.15, -0.1) is 0 Å². The third-order valence-corrected chi connectivity index (χ3v) is 15.1. The molecule has 3 saturated carbocycles. The van der Waals surface area contributed by atoms with E-state index >= 15 is 0 Å². The van der Waals surface area contributed by atoms with Crippen LogP contribution in [-0.2, 0) is 25.7 Å². The van der Waals surface area contributed by atoms with Gasteiger partial charge in [0, 0.05) is 68.9 Å². The summed E-state index contributed by atoms with van der Waals surface area (Å²) in [5.74, 6) is -0.0343. The molecule has 0 spiro atoms. The number of nitrogens with two attached hydrogens (primary N) is 1. The quantitative estimate of drug-likeness (QED) is 0.351. The van der Waals surface area contributed by atoms with Gasteiger partial charge in [0.1, 0.15) is 18.2 Å². The van der Waals surface area contributed by atoms with E-state index in [1.807, 2.05) is 4.57 Å². The van der Waals surface area contributed by atoms with Crippen LogP contribution in [0.1, 0.15) is 105 Å². The number of rotatable bonds is 8. The zero-order valence-electron chi connectivity index (χ0n) is 32.8. The number of carbonyl (C=O) groups excluding carboxylic acids is 4. The number of Topliss-reactive ketones (excluding diaryl/α,β-unsaturated/α-hetero) is 1. The first kappa shape index (κ1) is 38.6. The number of amides is 3. The summed E-state index contributed by atoms with van der Waals surface area (Å²) in [6.45, 7) is 13.5. The van der Waals surface area contributed by atoms with Gasteiger partial charge < -0.3 is 29.9 Å². The molecule has 2 aliphatic heterocycles. The van der Waals surface area contributed by atoms with Crippen molar-refractivity contribution in [2.45, 2.75) is 130 Å². The maximum absolute atomic E-state index is 13.7. The molecule has 2 aromatic heterocycles. The van der Waals surface area contributed by atoms with Gasteiger partial charge in [-0.05, 0) is 80.5 Å².